The second-order valence-corrected chi connectivity index (χ2v) is 9.09. The number of nitrogens with zero attached hydrogens (tertiary/aromatic N) is 7. The summed E-state index contributed by atoms with van der Waals surface area (Å²) in [5, 5.41) is 15.2. The Bertz CT molecular complexity index is 1530. The lowest BCUT2D eigenvalue weighted by Gasteiger charge is -2.14. The van der Waals surface area contributed by atoms with Gasteiger partial charge in [0.2, 0.25) is 0 Å². The highest BCUT2D eigenvalue weighted by Crippen LogP contribution is 2.34. The van der Waals surface area contributed by atoms with Gasteiger partial charge < -0.3 is 10.2 Å². The number of anilines is 1. The molecule has 0 radical (unpaired) electrons. The number of aryl methyl sites for hydroxylation is 2. The van der Waals surface area contributed by atoms with Crippen molar-refractivity contribution in [3.63, 3.8) is 0 Å². The Balaban J connectivity index is 1.65. The number of benzene rings is 2. The molecular formula is C26H27F3N8O. The van der Waals surface area contributed by atoms with E-state index in [1.54, 1.807) is 65.9 Å². The van der Waals surface area contributed by atoms with Gasteiger partial charge in [-0.1, -0.05) is 11.3 Å². The average molecular weight is 525 g/mol. The van der Waals surface area contributed by atoms with E-state index in [0.29, 0.717) is 17.2 Å². The van der Waals surface area contributed by atoms with Crippen LogP contribution in [0.15, 0.2) is 53.8 Å². The van der Waals surface area contributed by atoms with Crippen molar-refractivity contribution in [3.8, 4) is 16.9 Å². The van der Waals surface area contributed by atoms with Gasteiger partial charge in [0, 0.05) is 43.7 Å². The number of hydrogen-bond acceptors (Lipinski definition) is 5. The molecule has 1 amide bonds. The number of carbonyl (C=O) groups excluding carboxylic acids is 1. The predicted molar refractivity (Wildman–Crippen MR) is 139 cm³/mol. The highest BCUT2D eigenvalue weighted by Gasteiger charge is 2.31. The Morgan fingerprint density at radius 1 is 1.11 bits per heavy atom. The van der Waals surface area contributed by atoms with Gasteiger partial charge in [0.15, 0.2) is 0 Å². The summed E-state index contributed by atoms with van der Waals surface area (Å²) in [5.41, 5.74) is 3.20. The first kappa shape index (κ1) is 26.6. The SMILES string of the molecule is C/C(=N\c1cc(NC(=O)c2ccc(C)c(-n3cc(-c4cnn(C)c4C)nn3)c2)cc(C(F)(F)F)c1)N(C)C. The van der Waals surface area contributed by atoms with Crippen molar-refractivity contribution in [3.05, 3.63) is 71.2 Å². The zero-order valence-electron chi connectivity index (χ0n) is 21.8. The summed E-state index contributed by atoms with van der Waals surface area (Å²) in [4.78, 5) is 19.0. The van der Waals surface area contributed by atoms with Gasteiger partial charge in [0.05, 0.1) is 29.3 Å². The van der Waals surface area contributed by atoms with Crippen LogP contribution in [0, 0.1) is 13.8 Å². The number of aliphatic imine (C=N–C) groups is 1. The highest BCUT2D eigenvalue weighted by atomic mass is 19.4. The van der Waals surface area contributed by atoms with Crippen molar-refractivity contribution >= 4 is 23.1 Å². The number of nitrogens with one attached hydrogen (secondary N) is 1. The molecule has 9 nitrogen and oxygen atoms in total. The lowest BCUT2D eigenvalue weighted by Crippen LogP contribution is -2.18. The summed E-state index contributed by atoms with van der Waals surface area (Å²) in [6, 6.07) is 8.18. The van der Waals surface area contributed by atoms with Gasteiger partial charge in [-0.15, -0.1) is 5.10 Å². The first-order chi connectivity index (χ1) is 17.8. The molecule has 0 spiro atoms. The lowest BCUT2D eigenvalue weighted by molar-refractivity contribution is -0.137. The second-order valence-electron chi connectivity index (χ2n) is 9.09. The van der Waals surface area contributed by atoms with Crippen LogP contribution in [0.2, 0.25) is 0 Å². The van der Waals surface area contributed by atoms with Gasteiger partial charge >= 0.3 is 6.18 Å². The number of amides is 1. The molecule has 38 heavy (non-hydrogen) atoms. The zero-order chi connectivity index (χ0) is 27.8. The number of aromatic nitrogens is 5. The van der Waals surface area contributed by atoms with Crippen molar-refractivity contribution in [1.29, 1.82) is 0 Å². The number of carbonyl (C=O) groups is 1. The molecule has 0 saturated carbocycles. The smallest absolute Gasteiger partial charge is 0.366 e. The van der Waals surface area contributed by atoms with Gasteiger partial charge in [-0.2, -0.15) is 18.3 Å². The number of rotatable bonds is 5. The van der Waals surface area contributed by atoms with E-state index >= 15 is 0 Å². The van der Waals surface area contributed by atoms with E-state index in [-0.39, 0.29) is 16.9 Å². The van der Waals surface area contributed by atoms with Gasteiger partial charge in [-0.25, -0.2) is 9.67 Å². The molecule has 1 N–H and O–H groups in total. The number of amidine groups is 1. The van der Waals surface area contributed by atoms with Gasteiger partial charge in [-0.05, 0) is 56.7 Å². The molecule has 2 aromatic heterocycles. The fourth-order valence-electron chi connectivity index (χ4n) is 3.65. The van der Waals surface area contributed by atoms with Crippen LogP contribution in [0.4, 0.5) is 24.5 Å². The Morgan fingerprint density at radius 2 is 1.84 bits per heavy atom. The summed E-state index contributed by atoms with van der Waals surface area (Å²) < 4.78 is 43.9. The van der Waals surface area contributed by atoms with Crippen molar-refractivity contribution in [2.75, 3.05) is 19.4 Å². The molecule has 0 aliphatic carbocycles. The molecule has 0 saturated heterocycles. The largest absolute Gasteiger partial charge is 0.416 e. The predicted octanol–water partition coefficient (Wildman–Crippen LogP) is 5.17. The maximum Gasteiger partial charge on any atom is 0.416 e. The molecule has 4 aromatic rings. The Hall–Kier alpha value is -4.48. The van der Waals surface area contributed by atoms with E-state index in [9.17, 15) is 18.0 Å². The average Bonchev–Trinajstić information content (AvgIpc) is 3.45. The van der Waals surface area contributed by atoms with Crippen LogP contribution in [0.25, 0.3) is 16.9 Å². The van der Waals surface area contributed by atoms with E-state index in [4.69, 9.17) is 0 Å². The van der Waals surface area contributed by atoms with Crippen molar-refractivity contribution in [2.24, 2.45) is 12.0 Å². The molecule has 198 valence electrons. The topological polar surface area (TPSA) is 93.2 Å². The Morgan fingerprint density at radius 3 is 2.47 bits per heavy atom. The summed E-state index contributed by atoms with van der Waals surface area (Å²) in [6.45, 7) is 5.46. The molecule has 0 atom stereocenters. The summed E-state index contributed by atoms with van der Waals surface area (Å²) in [7, 11) is 5.30. The molecule has 2 aromatic carbocycles. The summed E-state index contributed by atoms with van der Waals surface area (Å²) in [6.07, 6.45) is -1.17. The Kier molecular flexibility index (Phi) is 7.07. The molecule has 2 heterocycles. The van der Waals surface area contributed by atoms with Crippen LogP contribution in [0.5, 0.6) is 0 Å². The third-order valence-electron chi connectivity index (χ3n) is 6.16. The van der Waals surface area contributed by atoms with Gasteiger partial charge in [-0.3, -0.25) is 9.48 Å². The monoisotopic (exact) mass is 524 g/mol. The molecule has 0 aliphatic heterocycles. The van der Waals surface area contributed by atoms with E-state index in [2.05, 4.69) is 25.7 Å². The quantitative estimate of drug-likeness (QED) is 0.287. The van der Waals surface area contributed by atoms with Crippen LogP contribution in [0.3, 0.4) is 0 Å². The number of alkyl halides is 3. The van der Waals surface area contributed by atoms with Gasteiger partial charge in [0.1, 0.15) is 11.5 Å². The maximum absolute atomic E-state index is 13.5. The molecule has 12 heteroatoms. The number of halogens is 3. The highest BCUT2D eigenvalue weighted by molar-refractivity contribution is 6.05. The third kappa shape index (κ3) is 5.58. The van der Waals surface area contributed by atoms with Crippen molar-refractivity contribution in [2.45, 2.75) is 26.9 Å². The molecule has 0 unspecified atom stereocenters. The van der Waals surface area contributed by atoms with Crippen LogP contribution >= 0.6 is 0 Å². The van der Waals surface area contributed by atoms with Crippen LogP contribution in [-0.4, -0.2) is 55.5 Å². The van der Waals surface area contributed by atoms with Crippen molar-refractivity contribution in [1.82, 2.24) is 29.7 Å². The van der Waals surface area contributed by atoms with E-state index in [1.165, 1.54) is 6.07 Å². The molecule has 0 bridgehead atoms. The van der Waals surface area contributed by atoms with E-state index in [0.717, 1.165) is 29.0 Å². The van der Waals surface area contributed by atoms with Gasteiger partial charge in [0.25, 0.3) is 5.91 Å². The minimum Gasteiger partial charge on any atom is -0.366 e. The van der Waals surface area contributed by atoms with Crippen LogP contribution in [-0.2, 0) is 13.2 Å². The van der Waals surface area contributed by atoms with Crippen molar-refractivity contribution < 1.29 is 18.0 Å². The zero-order valence-corrected chi connectivity index (χ0v) is 21.8. The summed E-state index contributed by atoms with van der Waals surface area (Å²) in [5.74, 6) is -0.0632. The standard InChI is InChI=1S/C26H27F3N8O/c1-15-7-8-18(9-24(15)37-14-23(33-34-37)22-13-30-36(6)16(22)2)25(38)32-21-11-19(26(27,28)29)10-20(12-21)31-17(3)35(4)5/h7-14H,1-6H3,(H,32,38)/b31-17+. The Labute approximate surface area is 217 Å². The third-order valence-corrected chi connectivity index (χ3v) is 6.16. The maximum atomic E-state index is 13.5. The van der Waals surface area contributed by atoms with E-state index < -0.39 is 17.6 Å². The van der Waals surface area contributed by atoms with Crippen LogP contribution in [0.1, 0.15) is 34.1 Å². The first-order valence-electron chi connectivity index (χ1n) is 11.6. The summed E-state index contributed by atoms with van der Waals surface area (Å²) >= 11 is 0. The van der Waals surface area contributed by atoms with E-state index in [1.807, 2.05) is 20.9 Å². The normalized spacial score (nSPS) is 12.1. The second kappa shape index (κ2) is 10.1. The fourth-order valence-corrected chi connectivity index (χ4v) is 3.65. The van der Waals surface area contributed by atoms with Crippen LogP contribution < -0.4 is 5.32 Å². The minimum absolute atomic E-state index is 0.0210. The lowest BCUT2D eigenvalue weighted by atomic mass is 10.1. The molecule has 0 aliphatic rings. The minimum atomic E-state index is -4.61. The number of hydrogen-bond donors (Lipinski definition) is 1. The first-order valence-corrected chi connectivity index (χ1v) is 11.6. The fraction of sp³-hybridized carbons (Fsp3) is 0.269. The molecular weight excluding hydrogens is 497 g/mol. The molecule has 4 rings (SSSR count). The molecule has 0 fully saturated rings.